The molecular formula is C27H39ClN4O6. The monoisotopic (exact) mass is 550 g/mol. The number of halogens is 1. The second-order valence-corrected chi connectivity index (χ2v) is 9.78. The van der Waals surface area contributed by atoms with Crippen LogP contribution in [-0.2, 0) is 27.3 Å². The molecule has 0 aliphatic rings. The number of amides is 3. The standard InChI is InChI=1S/C27H38N4O6.ClH/c1-27(2,3)37-26(35)31(22(25(29)34)15-24(28)33)21(14-18-9-6-5-7-10-18)23(32)17-30-16-19-11-8-12-20(13-19)36-4;/h5-13,21-23,30,32H,14-17H2,1-4H3,(H2,28,33)(H2,29,34);1H/t21-,22-,23+;/m0./s1. The van der Waals surface area contributed by atoms with E-state index in [1.54, 1.807) is 27.9 Å². The van der Waals surface area contributed by atoms with Gasteiger partial charge in [-0.2, -0.15) is 0 Å². The van der Waals surface area contributed by atoms with Gasteiger partial charge in [0, 0.05) is 13.1 Å². The number of aliphatic hydroxyl groups excluding tert-OH is 1. The number of nitrogens with two attached hydrogens (primary N) is 2. The maximum Gasteiger partial charge on any atom is 0.411 e. The summed E-state index contributed by atoms with van der Waals surface area (Å²) < 4.78 is 10.8. The third kappa shape index (κ3) is 10.6. The molecule has 6 N–H and O–H groups in total. The van der Waals surface area contributed by atoms with Crippen LogP contribution in [0.25, 0.3) is 0 Å². The molecule has 0 radical (unpaired) electrons. The highest BCUT2D eigenvalue weighted by Crippen LogP contribution is 2.22. The van der Waals surface area contributed by atoms with E-state index in [1.165, 1.54) is 0 Å². The second kappa shape index (κ2) is 15.2. The molecule has 10 nitrogen and oxygen atoms in total. The van der Waals surface area contributed by atoms with Gasteiger partial charge in [-0.1, -0.05) is 42.5 Å². The molecule has 0 aliphatic heterocycles. The minimum absolute atomic E-state index is 0. The number of benzene rings is 2. The van der Waals surface area contributed by atoms with Crippen LogP contribution in [0.4, 0.5) is 4.79 Å². The molecule has 210 valence electrons. The Morgan fingerprint density at radius 2 is 1.66 bits per heavy atom. The van der Waals surface area contributed by atoms with Gasteiger partial charge < -0.3 is 31.4 Å². The normalized spacial score (nSPS) is 13.4. The summed E-state index contributed by atoms with van der Waals surface area (Å²) >= 11 is 0. The van der Waals surface area contributed by atoms with Crippen LogP contribution in [-0.4, -0.2) is 65.4 Å². The zero-order chi connectivity index (χ0) is 27.6. The topological polar surface area (TPSA) is 157 Å². The third-order valence-electron chi connectivity index (χ3n) is 5.57. The predicted octanol–water partition coefficient (Wildman–Crippen LogP) is 2.15. The van der Waals surface area contributed by atoms with E-state index in [4.69, 9.17) is 20.9 Å². The van der Waals surface area contributed by atoms with Crippen LogP contribution in [0.3, 0.4) is 0 Å². The van der Waals surface area contributed by atoms with Crippen molar-refractivity contribution in [2.45, 2.75) is 63.9 Å². The molecule has 0 heterocycles. The van der Waals surface area contributed by atoms with Gasteiger partial charge in [-0.3, -0.25) is 14.5 Å². The Bertz CT molecular complexity index is 1050. The molecule has 38 heavy (non-hydrogen) atoms. The quantitative estimate of drug-likeness (QED) is 0.297. The Morgan fingerprint density at radius 3 is 2.21 bits per heavy atom. The SMILES string of the molecule is COc1cccc(CNC[C@@H](O)[C@H](Cc2ccccc2)N(C(=O)OC(C)(C)C)[C@@H](CC(N)=O)C(N)=O)c1.Cl. The Labute approximate surface area is 230 Å². The van der Waals surface area contributed by atoms with Crippen molar-refractivity contribution in [2.24, 2.45) is 11.5 Å². The summed E-state index contributed by atoms with van der Waals surface area (Å²) in [4.78, 5) is 38.7. The second-order valence-electron chi connectivity index (χ2n) is 9.78. The first-order valence-corrected chi connectivity index (χ1v) is 12.1. The van der Waals surface area contributed by atoms with Gasteiger partial charge in [0.1, 0.15) is 17.4 Å². The van der Waals surface area contributed by atoms with E-state index in [9.17, 15) is 19.5 Å². The van der Waals surface area contributed by atoms with Crippen molar-refractivity contribution in [1.29, 1.82) is 0 Å². The fourth-order valence-electron chi connectivity index (χ4n) is 3.89. The average Bonchev–Trinajstić information content (AvgIpc) is 2.82. The van der Waals surface area contributed by atoms with Crippen LogP contribution < -0.4 is 21.5 Å². The van der Waals surface area contributed by atoms with Crippen molar-refractivity contribution in [2.75, 3.05) is 13.7 Å². The van der Waals surface area contributed by atoms with Crippen LogP contribution in [0.5, 0.6) is 5.75 Å². The number of rotatable bonds is 13. The molecule has 0 fully saturated rings. The van der Waals surface area contributed by atoms with E-state index in [0.29, 0.717) is 12.3 Å². The van der Waals surface area contributed by atoms with Crippen molar-refractivity contribution >= 4 is 30.3 Å². The Balaban J connectivity index is 0.00000722. The number of primary amides is 2. The summed E-state index contributed by atoms with van der Waals surface area (Å²) in [6.45, 7) is 5.51. The Kier molecular flexibility index (Phi) is 13.0. The van der Waals surface area contributed by atoms with E-state index in [2.05, 4.69) is 5.32 Å². The number of nitrogens with one attached hydrogen (secondary N) is 1. The largest absolute Gasteiger partial charge is 0.497 e. The molecule has 0 aromatic heterocycles. The van der Waals surface area contributed by atoms with E-state index in [1.807, 2.05) is 54.6 Å². The van der Waals surface area contributed by atoms with Crippen LogP contribution in [0, 0.1) is 0 Å². The summed E-state index contributed by atoms with van der Waals surface area (Å²) in [6.07, 6.45) is -2.38. The number of ether oxygens (including phenoxy) is 2. The maximum absolute atomic E-state index is 13.4. The average molecular weight is 551 g/mol. The first-order chi connectivity index (χ1) is 17.4. The maximum atomic E-state index is 13.4. The van der Waals surface area contributed by atoms with Gasteiger partial charge in [0.2, 0.25) is 11.8 Å². The molecule has 2 rings (SSSR count). The molecule has 0 spiro atoms. The molecule has 2 aromatic rings. The van der Waals surface area contributed by atoms with E-state index in [-0.39, 0.29) is 25.4 Å². The van der Waals surface area contributed by atoms with Crippen LogP contribution in [0.1, 0.15) is 38.3 Å². The Morgan fingerprint density at radius 1 is 1.03 bits per heavy atom. The minimum Gasteiger partial charge on any atom is -0.497 e. The summed E-state index contributed by atoms with van der Waals surface area (Å²) in [5.74, 6) is -1.05. The fourth-order valence-corrected chi connectivity index (χ4v) is 3.89. The van der Waals surface area contributed by atoms with Gasteiger partial charge in [-0.05, 0) is 50.5 Å². The first-order valence-electron chi connectivity index (χ1n) is 12.1. The Hall–Kier alpha value is -3.34. The van der Waals surface area contributed by atoms with Crippen molar-refractivity contribution in [3.05, 3.63) is 65.7 Å². The van der Waals surface area contributed by atoms with E-state index in [0.717, 1.165) is 16.0 Å². The van der Waals surface area contributed by atoms with Crippen molar-refractivity contribution in [1.82, 2.24) is 10.2 Å². The number of carbonyl (C=O) groups excluding carboxylic acids is 3. The van der Waals surface area contributed by atoms with Crippen molar-refractivity contribution < 1.29 is 29.0 Å². The number of hydrogen-bond donors (Lipinski definition) is 4. The molecule has 11 heteroatoms. The summed E-state index contributed by atoms with van der Waals surface area (Å²) in [6, 6.07) is 14.3. The third-order valence-corrected chi connectivity index (χ3v) is 5.57. The highest BCUT2D eigenvalue weighted by molar-refractivity contribution is 5.89. The van der Waals surface area contributed by atoms with E-state index >= 15 is 0 Å². The molecule has 0 saturated heterocycles. The zero-order valence-electron chi connectivity index (χ0n) is 22.3. The zero-order valence-corrected chi connectivity index (χ0v) is 23.1. The summed E-state index contributed by atoms with van der Waals surface area (Å²) in [7, 11) is 1.58. The van der Waals surface area contributed by atoms with Crippen LogP contribution in [0.15, 0.2) is 54.6 Å². The number of aliphatic hydroxyl groups is 1. The van der Waals surface area contributed by atoms with E-state index < -0.39 is 48.1 Å². The smallest absolute Gasteiger partial charge is 0.411 e. The van der Waals surface area contributed by atoms with Gasteiger partial charge in [0.15, 0.2) is 0 Å². The summed E-state index contributed by atoms with van der Waals surface area (Å²) in [5, 5.41) is 14.5. The lowest BCUT2D eigenvalue weighted by atomic mass is 9.96. The highest BCUT2D eigenvalue weighted by atomic mass is 35.5. The van der Waals surface area contributed by atoms with Crippen molar-refractivity contribution in [3.8, 4) is 5.75 Å². The summed E-state index contributed by atoms with van der Waals surface area (Å²) in [5.41, 5.74) is 11.8. The molecule has 3 atom stereocenters. The lowest BCUT2D eigenvalue weighted by Crippen LogP contribution is -2.60. The fraction of sp³-hybridized carbons (Fsp3) is 0.444. The van der Waals surface area contributed by atoms with Crippen molar-refractivity contribution in [3.63, 3.8) is 0 Å². The first kappa shape index (κ1) is 32.7. The van der Waals surface area contributed by atoms with Gasteiger partial charge in [-0.25, -0.2) is 4.79 Å². The molecule has 0 bridgehead atoms. The molecule has 3 amide bonds. The minimum atomic E-state index is -1.41. The van der Waals surface area contributed by atoms with Gasteiger partial charge >= 0.3 is 6.09 Å². The molecular weight excluding hydrogens is 512 g/mol. The van der Waals surface area contributed by atoms with Crippen LogP contribution in [0.2, 0.25) is 0 Å². The number of nitrogens with zero attached hydrogens (tertiary/aromatic N) is 1. The molecule has 2 aromatic carbocycles. The number of hydrogen-bond acceptors (Lipinski definition) is 7. The lowest BCUT2D eigenvalue weighted by molar-refractivity contribution is -0.130. The predicted molar refractivity (Wildman–Crippen MR) is 147 cm³/mol. The number of carbonyl (C=O) groups is 3. The van der Waals surface area contributed by atoms with Gasteiger partial charge in [0.05, 0.1) is 25.7 Å². The van der Waals surface area contributed by atoms with Gasteiger partial charge in [-0.15, -0.1) is 12.4 Å². The van der Waals surface area contributed by atoms with Crippen LogP contribution >= 0.6 is 12.4 Å². The molecule has 0 aliphatic carbocycles. The lowest BCUT2D eigenvalue weighted by Gasteiger charge is -2.39. The molecule has 0 saturated carbocycles. The van der Waals surface area contributed by atoms with Gasteiger partial charge in [0.25, 0.3) is 0 Å². The highest BCUT2D eigenvalue weighted by Gasteiger charge is 2.40. The molecule has 0 unspecified atom stereocenters. The number of methoxy groups -OCH3 is 1.